The first-order chi connectivity index (χ1) is 9.24. The lowest BCUT2D eigenvalue weighted by molar-refractivity contribution is 0.187. The van der Waals surface area contributed by atoms with Gasteiger partial charge in [0.15, 0.2) is 0 Å². The van der Waals surface area contributed by atoms with E-state index >= 15 is 0 Å². The molecule has 4 heteroatoms. The fourth-order valence-electron chi connectivity index (χ4n) is 3.43. The average molecular weight is 324 g/mol. The van der Waals surface area contributed by atoms with Crippen LogP contribution < -0.4 is 4.90 Å². The molecule has 0 amide bonds. The number of nitrogens with zero attached hydrogens (tertiary/aromatic N) is 3. The number of piperazine rings is 1. The van der Waals surface area contributed by atoms with Crippen LogP contribution >= 0.6 is 15.9 Å². The summed E-state index contributed by atoms with van der Waals surface area (Å²) in [7, 11) is 0. The molecule has 1 aliphatic carbocycles. The molecule has 0 bridgehead atoms. The maximum Gasteiger partial charge on any atom is 0.131 e. The van der Waals surface area contributed by atoms with Crippen molar-refractivity contribution in [2.45, 2.75) is 38.6 Å². The van der Waals surface area contributed by atoms with Crippen molar-refractivity contribution in [1.82, 2.24) is 9.88 Å². The smallest absolute Gasteiger partial charge is 0.131 e. The Morgan fingerprint density at radius 3 is 2.47 bits per heavy atom. The zero-order chi connectivity index (χ0) is 13.2. The number of anilines is 1. The molecule has 0 aromatic carbocycles. The minimum atomic E-state index is 0.862. The fourth-order valence-corrected chi connectivity index (χ4v) is 3.88. The Kier molecular flexibility index (Phi) is 4.08. The van der Waals surface area contributed by atoms with E-state index in [0.29, 0.717) is 0 Å². The van der Waals surface area contributed by atoms with E-state index in [9.17, 15) is 0 Å². The van der Waals surface area contributed by atoms with Crippen LogP contribution in [0.4, 0.5) is 5.82 Å². The third-order valence-electron chi connectivity index (χ3n) is 4.47. The molecule has 0 unspecified atom stereocenters. The highest BCUT2D eigenvalue weighted by molar-refractivity contribution is 9.10. The molecule has 0 spiro atoms. The standard InChI is InChI=1S/C15H22BrN3/c1-12-10-13(16)11-17-15(12)19-8-6-18(7-9-19)14-4-2-3-5-14/h10-11,14H,2-9H2,1H3. The quantitative estimate of drug-likeness (QED) is 0.833. The summed E-state index contributed by atoms with van der Waals surface area (Å²) >= 11 is 3.49. The molecule has 3 nitrogen and oxygen atoms in total. The van der Waals surface area contributed by atoms with E-state index in [-0.39, 0.29) is 0 Å². The van der Waals surface area contributed by atoms with Crippen LogP contribution in [0.2, 0.25) is 0 Å². The maximum atomic E-state index is 4.58. The molecule has 2 aliphatic rings. The van der Waals surface area contributed by atoms with Crippen LogP contribution in [0.15, 0.2) is 16.7 Å². The van der Waals surface area contributed by atoms with E-state index < -0.39 is 0 Å². The van der Waals surface area contributed by atoms with Gasteiger partial charge >= 0.3 is 0 Å². The summed E-state index contributed by atoms with van der Waals surface area (Å²) in [6.07, 6.45) is 7.59. The minimum Gasteiger partial charge on any atom is -0.354 e. The third-order valence-corrected chi connectivity index (χ3v) is 4.91. The second-order valence-corrected chi connectivity index (χ2v) is 6.67. The van der Waals surface area contributed by atoms with E-state index in [4.69, 9.17) is 0 Å². The van der Waals surface area contributed by atoms with Crippen LogP contribution in [0.1, 0.15) is 31.2 Å². The van der Waals surface area contributed by atoms with Gasteiger partial charge in [-0.2, -0.15) is 0 Å². The van der Waals surface area contributed by atoms with Gasteiger partial charge in [-0.05, 0) is 47.3 Å². The Labute approximate surface area is 124 Å². The second kappa shape index (κ2) is 5.80. The Hall–Kier alpha value is -0.610. The zero-order valence-electron chi connectivity index (χ0n) is 11.6. The van der Waals surface area contributed by atoms with Gasteiger partial charge in [0.25, 0.3) is 0 Å². The number of hydrogen-bond donors (Lipinski definition) is 0. The lowest BCUT2D eigenvalue weighted by Crippen LogP contribution is -2.50. The Balaban J connectivity index is 1.63. The number of aryl methyl sites for hydroxylation is 1. The molecule has 0 radical (unpaired) electrons. The number of halogens is 1. The van der Waals surface area contributed by atoms with Crippen LogP contribution in [0.25, 0.3) is 0 Å². The Bertz CT molecular complexity index is 435. The van der Waals surface area contributed by atoms with Gasteiger partial charge in [-0.1, -0.05) is 12.8 Å². The number of hydrogen-bond acceptors (Lipinski definition) is 3. The summed E-state index contributed by atoms with van der Waals surface area (Å²) in [5.74, 6) is 1.16. The van der Waals surface area contributed by atoms with Gasteiger partial charge in [-0.25, -0.2) is 4.98 Å². The molecule has 3 rings (SSSR count). The van der Waals surface area contributed by atoms with Crippen LogP contribution in [0.5, 0.6) is 0 Å². The first-order valence-electron chi connectivity index (χ1n) is 7.35. The van der Waals surface area contributed by atoms with Gasteiger partial charge in [-0.15, -0.1) is 0 Å². The third kappa shape index (κ3) is 2.95. The monoisotopic (exact) mass is 323 g/mol. The van der Waals surface area contributed by atoms with E-state index in [0.717, 1.165) is 29.4 Å². The first kappa shape index (κ1) is 13.4. The lowest BCUT2D eigenvalue weighted by Gasteiger charge is -2.39. The predicted molar refractivity (Wildman–Crippen MR) is 82.7 cm³/mol. The van der Waals surface area contributed by atoms with Crippen molar-refractivity contribution in [3.63, 3.8) is 0 Å². The van der Waals surface area contributed by atoms with Crippen LogP contribution in [0.3, 0.4) is 0 Å². The molecule has 1 aromatic heterocycles. The zero-order valence-corrected chi connectivity index (χ0v) is 13.2. The average Bonchev–Trinajstić information content (AvgIpc) is 2.93. The lowest BCUT2D eigenvalue weighted by atomic mass is 10.1. The highest BCUT2D eigenvalue weighted by Gasteiger charge is 2.26. The summed E-state index contributed by atoms with van der Waals surface area (Å²) in [5.41, 5.74) is 1.27. The van der Waals surface area contributed by atoms with E-state index in [2.05, 4.69) is 43.7 Å². The van der Waals surface area contributed by atoms with Crippen molar-refractivity contribution in [1.29, 1.82) is 0 Å². The van der Waals surface area contributed by atoms with Gasteiger partial charge in [-0.3, -0.25) is 4.90 Å². The van der Waals surface area contributed by atoms with Gasteiger partial charge in [0.05, 0.1) is 0 Å². The van der Waals surface area contributed by atoms with E-state index in [1.54, 1.807) is 0 Å². The van der Waals surface area contributed by atoms with Crippen molar-refractivity contribution < 1.29 is 0 Å². The van der Waals surface area contributed by atoms with Crippen molar-refractivity contribution in [2.75, 3.05) is 31.1 Å². The molecule has 1 aromatic rings. The molecular weight excluding hydrogens is 302 g/mol. The highest BCUT2D eigenvalue weighted by Crippen LogP contribution is 2.26. The van der Waals surface area contributed by atoms with Gasteiger partial charge in [0.2, 0.25) is 0 Å². The molecule has 104 valence electrons. The number of pyridine rings is 1. The fraction of sp³-hybridized carbons (Fsp3) is 0.667. The molecule has 0 N–H and O–H groups in total. The summed E-state index contributed by atoms with van der Waals surface area (Å²) < 4.78 is 1.07. The SMILES string of the molecule is Cc1cc(Br)cnc1N1CCN(C2CCCC2)CC1. The Morgan fingerprint density at radius 1 is 1.16 bits per heavy atom. The molecule has 2 heterocycles. The summed E-state index contributed by atoms with van der Waals surface area (Å²) in [6, 6.07) is 3.02. The molecular formula is C15H22BrN3. The Morgan fingerprint density at radius 2 is 1.84 bits per heavy atom. The molecule has 19 heavy (non-hydrogen) atoms. The van der Waals surface area contributed by atoms with E-state index in [1.165, 1.54) is 44.3 Å². The number of rotatable bonds is 2. The number of aromatic nitrogens is 1. The van der Waals surface area contributed by atoms with Crippen LogP contribution in [-0.2, 0) is 0 Å². The van der Waals surface area contributed by atoms with Crippen molar-refractivity contribution in [2.24, 2.45) is 0 Å². The summed E-state index contributed by atoms with van der Waals surface area (Å²) in [4.78, 5) is 9.71. The molecule has 2 fully saturated rings. The predicted octanol–water partition coefficient (Wildman–Crippen LogP) is 3.22. The molecule has 1 saturated carbocycles. The van der Waals surface area contributed by atoms with Crippen molar-refractivity contribution in [3.8, 4) is 0 Å². The van der Waals surface area contributed by atoms with Crippen LogP contribution in [0, 0.1) is 6.92 Å². The molecule has 1 saturated heterocycles. The minimum absolute atomic E-state index is 0.862. The first-order valence-corrected chi connectivity index (χ1v) is 8.14. The van der Waals surface area contributed by atoms with Gasteiger partial charge in [0, 0.05) is 42.9 Å². The largest absolute Gasteiger partial charge is 0.354 e. The van der Waals surface area contributed by atoms with E-state index in [1.807, 2.05) is 6.20 Å². The molecule has 1 aliphatic heterocycles. The van der Waals surface area contributed by atoms with Crippen LogP contribution in [-0.4, -0.2) is 42.1 Å². The van der Waals surface area contributed by atoms with Crippen molar-refractivity contribution in [3.05, 3.63) is 22.3 Å². The highest BCUT2D eigenvalue weighted by atomic mass is 79.9. The van der Waals surface area contributed by atoms with Gasteiger partial charge in [0.1, 0.15) is 5.82 Å². The topological polar surface area (TPSA) is 19.4 Å². The summed E-state index contributed by atoms with van der Waals surface area (Å²) in [5, 5.41) is 0. The summed E-state index contributed by atoms with van der Waals surface area (Å²) in [6.45, 7) is 6.78. The second-order valence-electron chi connectivity index (χ2n) is 5.76. The van der Waals surface area contributed by atoms with Gasteiger partial charge < -0.3 is 4.90 Å². The van der Waals surface area contributed by atoms with Crippen molar-refractivity contribution >= 4 is 21.7 Å². The molecule has 0 atom stereocenters. The maximum absolute atomic E-state index is 4.58. The normalized spacial score (nSPS) is 22.1.